The summed E-state index contributed by atoms with van der Waals surface area (Å²) < 4.78 is 23.8. The van der Waals surface area contributed by atoms with E-state index in [1.165, 1.54) is 0 Å². The molecule has 1 fully saturated rings. The predicted octanol–water partition coefficient (Wildman–Crippen LogP) is 1.53. The van der Waals surface area contributed by atoms with Crippen LogP contribution in [0.2, 0.25) is 0 Å². The van der Waals surface area contributed by atoms with E-state index >= 15 is 0 Å². The lowest BCUT2D eigenvalue weighted by Gasteiger charge is -2.20. The molecule has 6 heteroatoms. The Kier molecular flexibility index (Phi) is 3.06. The second kappa shape index (κ2) is 4.17. The first-order chi connectivity index (χ1) is 7.07. The third kappa shape index (κ3) is 2.75. The Hall–Kier alpha value is -0.490. The second-order valence-electron chi connectivity index (χ2n) is 3.75. The van der Waals surface area contributed by atoms with Crippen molar-refractivity contribution < 1.29 is 8.42 Å². The Morgan fingerprint density at radius 1 is 1.47 bits per heavy atom. The fourth-order valence-electron chi connectivity index (χ4n) is 1.81. The van der Waals surface area contributed by atoms with Gasteiger partial charge in [-0.1, -0.05) is 0 Å². The van der Waals surface area contributed by atoms with Crippen molar-refractivity contribution in [1.82, 2.24) is 10.2 Å². The molecular formula is C9H11BrN2O2S. The maximum absolute atomic E-state index is 11.5. The van der Waals surface area contributed by atoms with Gasteiger partial charge in [0.1, 0.15) is 0 Å². The molecule has 0 bridgehead atoms. The smallest absolute Gasteiger partial charge is 0.150 e. The van der Waals surface area contributed by atoms with E-state index in [1.807, 2.05) is 6.07 Å². The van der Waals surface area contributed by atoms with Gasteiger partial charge in [-0.15, -0.1) is 0 Å². The van der Waals surface area contributed by atoms with Crippen molar-refractivity contribution in [1.29, 1.82) is 0 Å². The standard InChI is InChI=1S/C9H11BrN2O2S/c10-8-4-9(12-11-5-8)7-2-1-3-15(13,14)6-7/h4-5,7H,1-3,6H2. The summed E-state index contributed by atoms with van der Waals surface area (Å²) in [7, 11) is -2.88. The number of aromatic nitrogens is 2. The van der Waals surface area contributed by atoms with Crippen molar-refractivity contribution in [2.24, 2.45) is 0 Å². The molecule has 1 saturated heterocycles. The van der Waals surface area contributed by atoms with Crippen molar-refractivity contribution in [2.75, 3.05) is 11.5 Å². The van der Waals surface area contributed by atoms with Gasteiger partial charge in [-0.25, -0.2) is 8.42 Å². The summed E-state index contributed by atoms with van der Waals surface area (Å²) in [6.45, 7) is 0. The van der Waals surface area contributed by atoms with Gasteiger partial charge in [-0.05, 0) is 34.8 Å². The third-order valence-electron chi connectivity index (χ3n) is 2.52. The van der Waals surface area contributed by atoms with E-state index in [4.69, 9.17) is 0 Å². The second-order valence-corrected chi connectivity index (χ2v) is 6.90. The van der Waals surface area contributed by atoms with E-state index in [9.17, 15) is 8.42 Å². The lowest BCUT2D eigenvalue weighted by molar-refractivity contribution is 0.547. The van der Waals surface area contributed by atoms with Gasteiger partial charge in [0.05, 0.1) is 23.4 Å². The molecule has 1 aromatic rings. The molecule has 1 atom stereocenters. The van der Waals surface area contributed by atoms with Gasteiger partial charge in [-0.3, -0.25) is 0 Å². The third-order valence-corrected chi connectivity index (χ3v) is 4.78. The fraction of sp³-hybridized carbons (Fsp3) is 0.556. The summed E-state index contributed by atoms with van der Waals surface area (Å²) in [5.74, 6) is 0.525. The highest BCUT2D eigenvalue weighted by Gasteiger charge is 2.27. The Bertz CT molecular complexity index is 461. The molecule has 1 aliphatic heterocycles. The van der Waals surface area contributed by atoms with Crippen molar-refractivity contribution in [3.05, 3.63) is 22.4 Å². The first kappa shape index (κ1) is 11.0. The zero-order valence-electron chi connectivity index (χ0n) is 8.06. The van der Waals surface area contributed by atoms with Crippen molar-refractivity contribution in [3.63, 3.8) is 0 Å². The minimum Gasteiger partial charge on any atom is -0.229 e. The number of hydrogen-bond donors (Lipinski definition) is 0. The molecule has 4 nitrogen and oxygen atoms in total. The average Bonchev–Trinajstić information content (AvgIpc) is 2.16. The van der Waals surface area contributed by atoms with Gasteiger partial charge < -0.3 is 0 Å². The molecular weight excluding hydrogens is 280 g/mol. The summed E-state index contributed by atoms with van der Waals surface area (Å²) >= 11 is 3.31. The highest BCUT2D eigenvalue weighted by molar-refractivity contribution is 9.10. The number of halogens is 1. The molecule has 0 aromatic carbocycles. The van der Waals surface area contributed by atoms with Gasteiger partial charge in [0, 0.05) is 10.4 Å². The fourth-order valence-corrected chi connectivity index (χ4v) is 3.86. The van der Waals surface area contributed by atoms with Crippen LogP contribution in [0.25, 0.3) is 0 Å². The largest absolute Gasteiger partial charge is 0.229 e. The van der Waals surface area contributed by atoms with Gasteiger partial charge in [-0.2, -0.15) is 10.2 Å². The Balaban J connectivity index is 2.24. The predicted molar refractivity (Wildman–Crippen MR) is 60.4 cm³/mol. The summed E-state index contributed by atoms with van der Waals surface area (Å²) in [6.07, 6.45) is 3.20. The van der Waals surface area contributed by atoms with Gasteiger partial charge in [0.2, 0.25) is 0 Å². The molecule has 0 spiro atoms. The lowest BCUT2D eigenvalue weighted by atomic mass is 10.0. The Labute approximate surface area is 97.2 Å². The zero-order valence-corrected chi connectivity index (χ0v) is 10.5. The maximum atomic E-state index is 11.5. The molecule has 0 saturated carbocycles. The molecule has 0 aliphatic carbocycles. The molecule has 1 aromatic heterocycles. The van der Waals surface area contributed by atoms with Crippen LogP contribution in [0.4, 0.5) is 0 Å². The maximum Gasteiger partial charge on any atom is 0.150 e. The normalized spacial score (nSPS) is 25.0. The van der Waals surface area contributed by atoms with Crippen LogP contribution in [-0.4, -0.2) is 30.1 Å². The molecule has 0 N–H and O–H groups in total. The number of nitrogens with zero attached hydrogens (tertiary/aromatic N) is 2. The van der Waals surface area contributed by atoms with Gasteiger partial charge >= 0.3 is 0 Å². The van der Waals surface area contributed by atoms with E-state index in [0.29, 0.717) is 5.75 Å². The first-order valence-electron chi connectivity index (χ1n) is 4.75. The van der Waals surface area contributed by atoms with Crippen LogP contribution in [0.3, 0.4) is 0 Å². The van der Waals surface area contributed by atoms with Crippen molar-refractivity contribution in [2.45, 2.75) is 18.8 Å². The Morgan fingerprint density at radius 2 is 2.27 bits per heavy atom. The quantitative estimate of drug-likeness (QED) is 0.787. The van der Waals surface area contributed by atoms with Crippen molar-refractivity contribution in [3.8, 4) is 0 Å². The topological polar surface area (TPSA) is 59.9 Å². The molecule has 82 valence electrons. The lowest BCUT2D eigenvalue weighted by Crippen LogP contribution is -2.24. The SMILES string of the molecule is O=S1(=O)CCCC(c2cc(Br)cnn2)C1. The monoisotopic (exact) mass is 290 g/mol. The van der Waals surface area contributed by atoms with E-state index < -0.39 is 9.84 Å². The van der Waals surface area contributed by atoms with E-state index in [-0.39, 0.29) is 11.7 Å². The first-order valence-corrected chi connectivity index (χ1v) is 7.37. The van der Waals surface area contributed by atoms with E-state index in [0.717, 1.165) is 23.0 Å². The molecule has 1 aliphatic rings. The number of rotatable bonds is 1. The molecule has 0 radical (unpaired) electrons. The molecule has 2 rings (SSSR count). The summed E-state index contributed by atoms with van der Waals surface area (Å²) in [5.41, 5.74) is 0.771. The highest BCUT2D eigenvalue weighted by Crippen LogP contribution is 2.27. The summed E-state index contributed by atoms with van der Waals surface area (Å²) in [6, 6.07) is 1.85. The van der Waals surface area contributed by atoms with Crippen LogP contribution in [0.1, 0.15) is 24.5 Å². The molecule has 0 amide bonds. The number of hydrogen-bond acceptors (Lipinski definition) is 4. The van der Waals surface area contributed by atoms with E-state index in [1.54, 1.807) is 6.20 Å². The molecule has 2 heterocycles. The summed E-state index contributed by atoms with van der Waals surface area (Å²) in [5, 5.41) is 7.80. The van der Waals surface area contributed by atoms with Crippen LogP contribution < -0.4 is 0 Å². The van der Waals surface area contributed by atoms with Crippen LogP contribution >= 0.6 is 15.9 Å². The minimum absolute atomic E-state index is 0.00810. The minimum atomic E-state index is -2.88. The molecule has 1 unspecified atom stereocenters. The van der Waals surface area contributed by atoms with Crippen molar-refractivity contribution >= 4 is 25.8 Å². The van der Waals surface area contributed by atoms with Crippen LogP contribution in [0.15, 0.2) is 16.7 Å². The van der Waals surface area contributed by atoms with Crippen LogP contribution in [-0.2, 0) is 9.84 Å². The molecule has 15 heavy (non-hydrogen) atoms. The van der Waals surface area contributed by atoms with Gasteiger partial charge in [0.15, 0.2) is 9.84 Å². The van der Waals surface area contributed by atoms with Crippen LogP contribution in [0, 0.1) is 0 Å². The summed E-state index contributed by atoms with van der Waals surface area (Å²) in [4.78, 5) is 0. The van der Waals surface area contributed by atoms with Gasteiger partial charge in [0.25, 0.3) is 0 Å². The highest BCUT2D eigenvalue weighted by atomic mass is 79.9. The average molecular weight is 291 g/mol. The number of sulfone groups is 1. The van der Waals surface area contributed by atoms with E-state index in [2.05, 4.69) is 26.1 Å². The Morgan fingerprint density at radius 3 is 2.93 bits per heavy atom. The van der Waals surface area contributed by atoms with Crippen LogP contribution in [0.5, 0.6) is 0 Å². The zero-order chi connectivity index (χ0) is 10.9.